The van der Waals surface area contributed by atoms with E-state index in [4.69, 9.17) is 5.11 Å². The summed E-state index contributed by atoms with van der Waals surface area (Å²) in [6.07, 6.45) is 0. The summed E-state index contributed by atoms with van der Waals surface area (Å²) in [5, 5.41) is 8.97. The fourth-order valence-electron chi connectivity index (χ4n) is 2.56. The van der Waals surface area contributed by atoms with Crippen LogP contribution in [0.25, 0.3) is 0 Å². The van der Waals surface area contributed by atoms with Gasteiger partial charge in [-0.25, -0.2) is 13.2 Å². The molecule has 2 fully saturated rings. The molecule has 2 aliphatic heterocycles. The SMILES string of the molecule is CC(C(=O)O)N1CCN(C(=O)N2CCS(=O)(=O)CC2)CC1. The van der Waals surface area contributed by atoms with Crippen LogP contribution in [0, 0.1) is 0 Å². The number of amides is 2. The molecule has 2 heterocycles. The molecule has 0 aromatic carbocycles. The average Bonchev–Trinajstić information content (AvgIpc) is 2.46. The number of piperazine rings is 1. The van der Waals surface area contributed by atoms with Gasteiger partial charge in [-0.3, -0.25) is 9.69 Å². The van der Waals surface area contributed by atoms with Crippen LogP contribution in [0.2, 0.25) is 0 Å². The second kappa shape index (κ2) is 6.18. The van der Waals surface area contributed by atoms with Gasteiger partial charge in [0.05, 0.1) is 11.5 Å². The van der Waals surface area contributed by atoms with E-state index >= 15 is 0 Å². The van der Waals surface area contributed by atoms with Gasteiger partial charge in [0, 0.05) is 39.3 Å². The maximum Gasteiger partial charge on any atom is 0.320 e. The van der Waals surface area contributed by atoms with Gasteiger partial charge in [0.1, 0.15) is 6.04 Å². The standard InChI is InChI=1S/C12H21N3O5S/c1-10(11(16)17)13-2-4-14(5-3-13)12(18)15-6-8-21(19,20)9-7-15/h10H,2-9H2,1H3,(H,16,17). The molecule has 0 aromatic heterocycles. The normalized spacial score (nSPS) is 24.6. The monoisotopic (exact) mass is 319 g/mol. The van der Waals surface area contributed by atoms with Gasteiger partial charge in [0.15, 0.2) is 9.84 Å². The fourth-order valence-corrected chi connectivity index (χ4v) is 3.76. The Hall–Kier alpha value is -1.35. The molecule has 8 nitrogen and oxygen atoms in total. The minimum Gasteiger partial charge on any atom is -0.480 e. The van der Waals surface area contributed by atoms with Crippen molar-refractivity contribution in [2.75, 3.05) is 50.8 Å². The number of carboxylic acid groups (broad SMARTS) is 1. The van der Waals surface area contributed by atoms with Crippen molar-refractivity contribution in [3.8, 4) is 0 Å². The van der Waals surface area contributed by atoms with Crippen molar-refractivity contribution in [1.29, 1.82) is 0 Å². The molecular weight excluding hydrogens is 298 g/mol. The summed E-state index contributed by atoms with van der Waals surface area (Å²) >= 11 is 0. The van der Waals surface area contributed by atoms with Crippen molar-refractivity contribution in [1.82, 2.24) is 14.7 Å². The van der Waals surface area contributed by atoms with Gasteiger partial charge >= 0.3 is 12.0 Å². The lowest BCUT2D eigenvalue weighted by Gasteiger charge is -2.39. The van der Waals surface area contributed by atoms with Crippen molar-refractivity contribution in [3.05, 3.63) is 0 Å². The van der Waals surface area contributed by atoms with Gasteiger partial charge in [-0.2, -0.15) is 0 Å². The van der Waals surface area contributed by atoms with Crippen LogP contribution in [0.4, 0.5) is 4.79 Å². The van der Waals surface area contributed by atoms with Gasteiger partial charge < -0.3 is 14.9 Å². The van der Waals surface area contributed by atoms with E-state index in [2.05, 4.69) is 0 Å². The molecule has 0 aliphatic carbocycles. The Balaban J connectivity index is 1.85. The van der Waals surface area contributed by atoms with E-state index in [1.54, 1.807) is 16.7 Å². The van der Waals surface area contributed by atoms with E-state index in [0.717, 1.165) is 0 Å². The van der Waals surface area contributed by atoms with Crippen molar-refractivity contribution >= 4 is 21.8 Å². The molecule has 2 saturated heterocycles. The third kappa shape index (κ3) is 3.85. The number of aliphatic carboxylic acids is 1. The van der Waals surface area contributed by atoms with E-state index in [9.17, 15) is 18.0 Å². The number of carbonyl (C=O) groups excluding carboxylic acids is 1. The largest absolute Gasteiger partial charge is 0.480 e. The molecule has 1 N–H and O–H groups in total. The van der Waals surface area contributed by atoms with Crippen LogP contribution in [0.1, 0.15) is 6.92 Å². The lowest BCUT2D eigenvalue weighted by atomic mass is 10.2. The number of nitrogens with zero attached hydrogens (tertiary/aromatic N) is 3. The molecule has 2 amide bonds. The average molecular weight is 319 g/mol. The van der Waals surface area contributed by atoms with Crippen molar-refractivity contribution < 1.29 is 23.1 Å². The van der Waals surface area contributed by atoms with Crippen molar-refractivity contribution in [2.24, 2.45) is 0 Å². The third-order valence-electron chi connectivity index (χ3n) is 4.10. The third-order valence-corrected chi connectivity index (χ3v) is 5.71. The minimum atomic E-state index is -3.00. The zero-order valence-electron chi connectivity index (χ0n) is 12.1. The number of carbonyl (C=O) groups is 2. The van der Waals surface area contributed by atoms with Gasteiger partial charge in [-0.15, -0.1) is 0 Å². The van der Waals surface area contributed by atoms with Crippen LogP contribution >= 0.6 is 0 Å². The maximum absolute atomic E-state index is 12.3. The van der Waals surface area contributed by atoms with Crippen molar-refractivity contribution in [2.45, 2.75) is 13.0 Å². The Kier molecular flexibility index (Phi) is 4.72. The maximum atomic E-state index is 12.3. The van der Waals surface area contributed by atoms with E-state index < -0.39 is 21.8 Å². The summed E-state index contributed by atoms with van der Waals surface area (Å²) in [4.78, 5) is 28.3. The Labute approximate surface area is 124 Å². The molecule has 2 rings (SSSR count). The highest BCUT2D eigenvalue weighted by Gasteiger charge is 2.31. The number of urea groups is 1. The predicted molar refractivity (Wildman–Crippen MR) is 75.9 cm³/mol. The summed E-state index contributed by atoms with van der Waals surface area (Å²) in [6, 6.07) is -0.699. The molecule has 0 spiro atoms. The Bertz CT molecular complexity index is 499. The zero-order valence-corrected chi connectivity index (χ0v) is 12.9. The number of sulfone groups is 1. The molecule has 0 bridgehead atoms. The van der Waals surface area contributed by atoms with Gasteiger partial charge in [0.2, 0.25) is 0 Å². The first-order valence-electron chi connectivity index (χ1n) is 7.01. The predicted octanol–water partition coefficient (Wildman–Crippen LogP) is -1.07. The van der Waals surface area contributed by atoms with E-state index in [1.165, 1.54) is 0 Å². The fraction of sp³-hybridized carbons (Fsp3) is 0.833. The molecule has 1 atom stereocenters. The molecule has 0 radical (unpaired) electrons. The van der Waals surface area contributed by atoms with Crippen LogP contribution in [0.15, 0.2) is 0 Å². The number of rotatable bonds is 2. The highest BCUT2D eigenvalue weighted by atomic mass is 32.2. The van der Waals surface area contributed by atoms with Crippen LogP contribution < -0.4 is 0 Å². The second-order valence-corrected chi connectivity index (χ2v) is 7.76. The lowest BCUT2D eigenvalue weighted by Crippen LogP contribution is -2.57. The number of hydrogen-bond donors (Lipinski definition) is 1. The molecular formula is C12H21N3O5S. The molecule has 2 aliphatic rings. The molecule has 1 unspecified atom stereocenters. The summed E-state index contributed by atoms with van der Waals surface area (Å²) < 4.78 is 22.7. The van der Waals surface area contributed by atoms with E-state index in [1.807, 2.05) is 4.90 Å². The molecule has 9 heteroatoms. The number of hydrogen-bond acceptors (Lipinski definition) is 5. The number of carboxylic acids is 1. The zero-order chi connectivity index (χ0) is 15.6. The molecule has 0 aromatic rings. The topological polar surface area (TPSA) is 98.2 Å². The second-order valence-electron chi connectivity index (χ2n) is 5.46. The summed E-state index contributed by atoms with van der Waals surface area (Å²) in [5.41, 5.74) is 0. The van der Waals surface area contributed by atoms with E-state index in [-0.39, 0.29) is 30.6 Å². The summed E-state index contributed by atoms with van der Waals surface area (Å²) in [5.74, 6) is -0.820. The van der Waals surface area contributed by atoms with Crippen LogP contribution in [-0.4, -0.2) is 97.0 Å². The van der Waals surface area contributed by atoms with Gasteiger partial charge in [0.25, 0.3) is 0 Å². The van der Waals surface area contributed by atoms with Gasteiger partial charge in [-0.05, 0) is 6.92 Å². The molecule has 120 valence electrons. The van der Waals surface area contributed by atoms with Crippen LogP contribution in [0.5, 0.6) is 0 Å². The highest BCUT2D eigenvalue weighted by molar-refractivity contribution is 7.91. The Morgan fingerprint density at radius 3 is 1.90 bits per heavy atom. The van der Waals surface area contributed by atoms with Crippen LogP contribution in [0.3, 0.4) is 0 Å². The quantitative estimate of drug-likeness (QED) is 0.696. The molecule has 21 heavy (non-hydrogen) atoms. The Morgan fingerprint density at radius 2 is 1.43 bits per heavy atom. The highest BCUT2D eigenvalue weighted by Crippen LogP contribution is 2.11. The first-order valence-corrected chi connectivity index (χ1v) is 8.83. The van der Waals surface area contributed by atoms with E-state index in [0.29, 0.717) is 26.2 Å². The Morgan fingerprint density at radius 1 is 0.952 bits per heavy atom. The molecule has 0 saturated carbocycles. The lowest BCUT2D eigenvalue weighted by molar-refractivity contribution is -0.143. The van der Waals surface area contributed by atoms with Crippen molar-refractivity contribution in [3.63, 3.8) is 0 Å². The first-order chi connectivity index (χ1) is 9.80. The van der Waals surface area contributed by atoms with Crippen LogP contribution in [-0.2, 0) is 14.6 Å². The minimum absolute atomic E-state index is 0.0226. The summed E-state index contributed by atoms with van der Waals surface area (Å²) in [6.45, 7) is 4.10. The smallest absolute Gasteiger partial charge is 0.320 e. The summed E-state index contributed by atoms with van der Waals surface area (Å²) in [7, 11) is -3.00. The van der Waals surface area contributed by atoms with Gasteiger partial charge in [-0.1, -0.05) is 0 Å². The first kappa shape index (κ1) is 16.0.